The van der Waals surface area contributed by atoms with Gasteiger partial charge < -0.3 is 10.6 Å². The van der Waals surface area contributed by atoms with E-state index in [-0.39, 0.29) is 5.91 Å². The van der Waals surface area contributed by atoms with Crippen molar-refractivity contribution < 1.29 is 4.79 Å². The molecule has 0 spiro atoms. The van der Waals surface area contributed by atoms with E-state index in [2.05, 4.69) is 63.9 Å². The molecular weight excluding hydrogens is 336 g/mol. The molecule has 1 amide bonds. The smallest absolute Gasteiger partial charge is 0.258 e. The fourth-order valence-corrected chi connectivity index (χ4v) is 2.99. The highest BCUT2D eigenvalue weighted by atomic mass is 16.1. The second kappa shape index (κ2) is 7.99. The summed E-state index contributed by atoms with van der Waals surface area (Å²) >= 11 is 0. The summed E-state index contributed by atoms with van der Waals surface area (Å²) in [5.74, 6) is 0.282. The Balaban J connectivity index is 1.64. The average molecular weight is 360 g/mol. The number of hydrogen-bond donors (Lipinski definition) is 2. The molecule has 0 fully saturated rings. The SMILES string of the molecule is Cc1ccc(CNc2ncc(C(=O)Nc3c(C)cc(C)cc3C)cn2)cc1. The van der Waals surface area contributed by atoms with E-state index >= 15 is 0 Å². The molecule has 138 valence electrons. The van der Waals surface area contributed by atoms with E-state index in [1.165, 1.54) is 11.1 Å². The standard InChI is InChI=1S/C22H24N4O/c1-14-5-7-18(8-6-14)11-23-22-24-12-19(13-25-22)21(27)26-20-16(3)9-15(2)10-17(20)4/h5-10,12-13H,11H2,1-4H3,(H,26,27)(H,23,24,25). The van der Waals surface area contributed by atoms with Gasteiger partial charge in [0, 0.05) is 24.6 Å². The topological polar surface area (TPSA) is 66.9 Å². The van der Waals surface area contributed by atoms with Crippen LogP contribution in [0.1, 0.15) is 38.2 Å². The number of carbonyl (C=O) groups excluding carboxylic acids is 1. The van der Waals surface area contributed by atoms with Crippen molar-refractivity contribution in [1.82, 2.24) is 9.97 Å². The lowest BCUT2D eigenvalue weighted by atomic mass is 10.0. The zero-order valence-corrected chi connectivity index (χ0v) is 16.1. The molecule has 0 radical (unpaired) electrons. The first-order valence-electron chi connectivity index (χ1n) is 8.93. The maximum absolute atomic E-state index is 12.5. The lowest BCUT2D eigenvalue weighted by molar-refractivity contribution is 0.102. The number of amides is 1. The third-order valence-corrected chi connectivity index (χ3v) is 4.40. The van der Waals surface area contributed by atoms with Crippen LogP contribution in [-0.2, 0) is 6.54 Å². The van der Waals surface area contributed by atoms with Gasteiger partial charge in [0.1, 0.15) is 0 Å². The van der Waals surface area contributed by atoms with Crippen LogP contribution in [0, 0.1) is 27.7 Å². The highest BCUT2D eigenvalue weighted by Gasteiger charge is 2.11. The predicted molar refractivity (Wildman–Crippen MR) is 109 cm³/mol. The molecule has 3 aromatic rings. The Labute approximate surface area is 159 Å². The van der Waals surface area contributed by atoms with Crippen LogP contribution in [0.5, 0.6) is 0 Å². The average Bonchev–Trinajstić information content (AvgIpc) is 2.64. The second-order valence-electron chi connectivity index (χ2n) is 6.86. The van der Waals surface area contributed by atoms with E-state index in [1.54, 1.807) is 12.4 Å². The van der Waals surface area contributed by atoms with E-state index in [0.717, 1.165) is 22.4 Å². The summed E-state index contributed by atoms with van der Waals surface area (Å²) in [6, 6.07) is 12.4. The fourth-order valence-electron chi connectivity index (χ4n) is 2.99. The lowest BCUT2D eigenvalue weighted by Crippen LogP contribution is -2.15. The monoisotopic (exact) mass is 360 g/mol. The quantitative estimate of drug-likeness (QED) is 0.699. The number of anilines is 2. The van der Waals surface area contributed by atoms with E-state index < -0.39 is 0 Å². The fraction of sp³-hybridized carbons (Fsp3) is 0.227. The van der Waals surface area contributed by atoms with Crippen LogP contribution in [0.3, 0.4) is 0 Å². The maximum atomic E-state index is 12.5. The van der Waals surface area contributed by atoms with Gasteiger partial charge in [-0.25, -0.2) is 9.97 Å². The van der Waals surface area contributed by atoms with Gasteiger partial charge in [-0.15, -0.1) is 0 Å². The molecule has 0 unspecified atom stereocenters. The highest BCUT2D eigenvalue weighted by Crippen LogP contribution is 2.22. The molecule has 27 heavy (non-hydrogen) atoms. The number of benzene rings is 2. The van der Waals surface area contributed by atoms with Crippen molar-refractivity contribution in [1.29, 1.82) is 0 Å². The molecule has 0 bridgehead atoms. The van der Waals surface area contributed by atoms with E-state index in [1.807, 2.05) is 20.8 Å². The summed E-state index contributed by atoms with van der Waals surface area (Å²) in [7, 11) is 0. The van der Waals surface area contributed by atoms with Crippen molar-refractivity contribution in [2.45, 2.75) is 34.2 Å². The first kappa shape index (κ1) is 18.6. The Morgan fingerprint density at radius 3 is 2.07 bits per heavy atom. The lowest BCUT2D eigenvalue weighted by Gasteiger charge is -2.13. The predicted octanol–water partition coefficient (Wildman–Crippen LogP) is 4.57. The molecule has 0 saturated carbocycles. The van der Waals surface area contributed by atoms with Crippen LogP contribution < -0.4 is 10.6 Å². The van der Waals surface area contributed by atoms with Crippen LogP contribution in [0.4, 0.5) is 11.6 Å². The molecule has 3 rings (SSSR count). The number of aryl methyl sites for hydroxylation is 4. The molecule has 0 aliphatic heterocycles. The molecule has 0 aliphatic carbocycles. The summed E-state index contributed by atoms with van der Waals surface area (Å²) in [5.41, 5.74) is 6.90. The third kappa shape index (κ3) is 4.70. The van der Waals surface area contributed by atoms with Crippen molar-refractivity contribution in [3.8, 4) is 0 Å². The number of nitrogens with zero attached hydrogens (tertiary/aromatic N) is 2. The first-order chi connectivity index (χ1) is 12.9. The van der Waals surface area contributed by atoms with Crippen molar-refractivity contribution in [2.24, 2.45) is 0 Å². The van der Waals surface area contributed by atoms with Crippen molar-refractivity contribution >= 4 is 17.5 Å². The molecular formula is C22H24N4O. The summed E-state index contributed by atoms with van der Waals surface area (Å²) in [5, 5.41) is 6.13. The summed E-state index contributed by atoms with van der Waals surface area (Å²) in [6.07, 6.45) is 3.08. The number of carbonyl (C=O) groups is 1. The second-order valence-corrected chi connectivity index (χ2v) is 6.86. The molecule has 2 aromatic carbocycles. The van der Waals surface area contributed by atoms with Crippen LogP contribution in [0.25, 0.3) is 0 Å². The van der Waals surface area contributed by atoms with Gasteiger partial charge >= 0.3 is 0 Å². The molecule has 1 aromatic heterocycles. The molecule has 1 heterocycles. The first-order valence-corrected chi connectivity index (χ1v) is 8.93. The van der Waals surface area contributed by atoms with Gasteiger partial charge in [-0.3, -0.25) is 4.79 Å². The number of nitrogens with one attached hydrogen (secondary N) is 2. The minimum absolute atomic E-state index is 0.213. The zero-order valence-electron chi connectivity index (χ0n) is 16.1. The molecule has 0 aliphatic rings. The Morgan fingerprint density at radius 2 is 1.48 bits per heavy atom. The van der Waals surface area contributed by atoms with Gasteiger partial charge in [-0.2, -0.15) is 0 Å². The number of aromatic nitrogens is 2. The van der Waals surface area contributed by atoms with Crippen LogP contribution in [0.15, 0.2) is 48.8 Å². The van der Waals surface area contributed by atoms with Gasteiger partial charge in [0.25, 0.3) is 5.91 Å². The molecule has 0 atom stereocenters. The Hall–Kier alpha value is -3.21. The summed E-state index contributed by atoms with van der Waals surface area (Å²) < 4.78 is 0. The summed E-state index contributed by atoms with van der Waals surface area (Å²) in [6.45, 7) is 8.72. The Bertz CT molecular complexity index is 924. The number of rotatable bonds is 5. The van der Waals surface area contributed by atoms with Gasteiger partial charge in [0.15, 0.2) is 0 Å². The molecule has 5 nitrogen and oxygen atoms in total. The molecule has 0 saturated heterocycles. The van der Waals surface area contributed by atoms with Crippen molar-refractivity contribution in [3.05, 3.63) is 82.2 Å². The van der Waals surface area contributed by atoms with E-state index in [0.29, 0.717) is 18.1 Å². The third-order valence-electron chi connectivity index (χ3n) is 4.40. The van der Waals surface area contributed by atoms with Gasteiger partial charge in [-0.1, -0.05) is 47.5 Å². The van der Waals surface area contributed by atoms with Gasteiger partial charge in [0.2, 0.25) is 5.95 Å². The van der Waals surface area contributed by atoms with Crippen LogP contribution in [-0.4, -0.2) is 15.9 Å². The minimum atomic E-state index is -0.213. The molecule has 5 heteroatoms. The Kier molecular flexibility index (Phi) is 5.50. The zero-order chi connectivity index (χ0) is 19.4. The maximum Gasteiger partial charge on any atom is 0.258 e. The van der Waals surface area contributed by atoms with Crippen LogP contribution in [0.2, 0.25) is 0 Å². The van der Waals surface area contributed by atoms with E-state index in [4.69, 9.17) is 0 Å². The highest BCUT2D eigenvalue weighted by molar-refractivity contribution is 6.04. The minimum Gasteiger partial charge on any atom is -0.350 e. The number of hydrogen-bond acceptors (Lipinski definition) is 4. The van der Waals surface area contributed by atoms with Gasteiger partial charge in [-0.05, 0) is 44.4 Å². The van der Waals surface area contributed by atoms with E-state index in [9.17, 15) is 4.79 Å². The summed E-state index contributed by atoms with van der Waals surface area (Å²) in [4.78, 5) is 21.0. The van der Waals surface area contributed by atoms with Gasteiger partial charge in [0.05, 0.1) is 5.56 Å². The Morgan fingerprint density at radius 1 is 0.889 bits per heavy atom. The van der Waals surface area contributed by atoms with Crippen molar-refractivity contribution in [2.75, 3.05) is 10.6 Å². The van der Waals surface area contributed by atoms with Crippen LogP contribution >= 0.6 is 0 Å². The molecule has 2 N–H and O–H groups in total. The largest absolute Gasteiger partial charge is 0.350 e. The normalized spacial score (nSPS) is 10.5. The van der Waals surface area contributed by atoms with Crippen molar-refractivity contribution in [3.63, 3.8) is 0 Å².